The molecular weight excluding hydrogens is 659 g/mol. The van der Waals surface area contributed by atoms with Crippen molar-refractivity contribution < 1.29 is 23.6 Å². The Labute approximate surface area is 301 Å². The molecule has 0 bridgehead atoms. The third-order valence-electron chi connectivity index (χ3n) is 11.9. The fourth-order valence-corrected chi connectivity index (χ4v) is 8.88. The van der Waals surface area contributed by atoms with Crippen LogP contribution in [0.5, 0.6) is 0 Å². The van der Waals surface area contributed by atoms with E-state index in [0.717, 1.165) is 71.3 Å². The highest BCUT2D eigenvalue weighted by Gasteiger charge is 2.42. The van der Waals surface area contributed by atoms with Gasteiger partial charge in [-0.3, -0.25) is 29.4 Å². The van der Waals surface area contributed by atoms with Crippen LogP contribution in [0.3, 0.4) is 0 Å². The van der Waals surface area contributed by atoms with Gasteiger partial charge in [0.05, 0.1) is 23.7 Å². The number of carbonyl (C=O) groups excluding carboxylic acids is 4. The molecule has 2 fully saturated rings. The van der Waals surface area contributed by atoms with Crippen molar-refractivity contribution in [3.63, 3.8) is 0 Å². The Balaban J connectivity index is 0.982. The van der Waals surface area contributed by atoms with Gasteiger partial charge in [0.1, 0.15) is 11.9 Å². The molecule has 10 nitrogen and oxygen atoms in total. The first-order valence-electron chi connectivity index (χ1n) is 18.1. The Morgan fingerprint density at radius 2 is 1.77 bits per heavy atom. The summed E-state index contributed by atoms with van der Waals surface area (Å²) in [6, 6.07) is 14.7. The minimum atomic E-state index is -0.784. The van der Waals surface area contributed by atoms with E-state index in [1.807, 2.05) is 19.2 Å². The number of anilines is 1. The average Bonchev–Trinajstić information content (AvgIpc) is 3.70. The molecule has 2 N–H and O–H groups in total. The molecule has 1 aromatic heterocycles. The van der Waals surface area contributed by atoms with Crippen LogP contribution in [0.25, 0.3) is 10.9 Å². The van der Waals surface area contributed by atoms with Crippen LogP contribution in [0.15, 0.2) is 42.5 Å². The molecule has 3 amide bonds. The number of fused-ring (bicyclic) bond motifs is 5. The molecule has 0 saturated carbocycles. The normalized spacial score (nSPS) is 19.9. The summed E-state index contributed by atoms with van der Waals surface area (Å²) in [6.07, 6.45) is 2.91. The van der Waals surface area contributed by atoms with Gasteiger partial charge >= 0.3 is 0 Å². The van der Waals surface area contributed by atoms with E-state index in [1.54, 1.807) is 18.2 Å². The van der Waals surface area contributed by atoms with Crippen LogP contribution in [0.2, 0.25) is 0 Å². The first kappa shape index (κ1) is 33.8. The summed E-state index contributed by atoms with van der Waals surface area (Å²) in [7, 11) is 2.01. The van der Waals surface area contributed by atoms with Crippen LogP contribution in [0, 0.1) is 17.1 Å². The number of nitrogens with zero attached hydrogens (tertiary/aromatic N) is 4. The molecular formula is C41H41FN6O4. The van der Waals surface area contributed by atoms with Gasteiger partial charge in [-0.25, -0.2) is 4.39 Å². The number of benzene rings is 3. The number of piperidine rings is 2. The molecule has 1 unspecified atom stereocenters. The summed E-state index contributed by atoms with van der Waals surface area (Å²) in [5.41, 5.74) is 7.53. The Kier molecular flexibility index (Phi) is 8.06. The van der Waals surface area contributed by atoms with E-state index in [1.165, 1.54) is 4.90 Å². The van der Waals surface area contributed by atoms with Gasteiger partial charge in [-0.15, -0.1) is 0 Å². The highest BCUT2D eigenvalue weighted by molar-refractivity contribution is 6.20. The van der Waals surface area contributed by atoms with Gasteiger partial charge in [0.25, 0.3) is 5.91 Å². The summed E-state index contributed by atoms with van der Waals surface area (Å²) in [5, 5.41) is 12.6. The Hall–Kier alpha value is -5.34. The summed E-state index contributed by atoms with van der Waals surface area (Å²) in [5.74, 6) is -1.65. The van der Waals surface area contributed by atoms with Crippen LogP contribution in [0.1, 0.15) is 106 Å². The van der Waals surface area contributed by atoms with Gasteiger partial charge in [-0.1, -0.05) is 32.9 Å². The molecule has 4 aromatic rings. The minimum Gasteiger partial charge on any atom is -0.371 e. The number of amides is 3. The molecule has 52 heavy (non-hydrogen) atoms. The van der Waals surface area contributed by atoms with Gasteiger partial charge in [-0.2, -0.15) is 5.26 Å². The van der Waals surface area contributed by atoms with Crippen molar-refractivity contribution in [2.24, 2.45) is 0 Å². The van der Waals surface area contributed by atoms with Crippen LogP contribution in [-0.2, 0) is 34.5 Å². The lowest BCUT2D eigenvalue weighted by Crippen LogP contribution is -2.52. The van der Waals surface area contributed by atoms with E-state index < -0.39 is 23.2 Å². The Bertz CT molecular complexity index is 2260. The van der Waals surface area contributed by atoms with Gasteiger partial charge in [0.15, 0.2) is 5.78 Å². The lowest BCUT2D eigenvalue weighted by atomic mass is 9.70. The number of hydrogen-bond acceptors (Lipinski definition) is 7. The number of carbonyl (C=O) groups is 4. The third kappa shape index (κ3) is 5.22. The van der Waals surface area contributed by atoms with Crippen LogP contribution in [-0.4, -0.2) is 70.5 Å². The van der Waals surface area contributed by atoms with Crippen molar-refractivity contribution in [1.29, 1.82) is 5.26 Å². The first-order chi connectivity index (χ1) is 24.9. The molecule has 1 atom stereocenters. The molecule has 1 aliphatic carbocycles. The number of nitrogens with one attached hydrogen (secondary N) is 2. The monoisotopic (exact) mass is 700 g/mol. The minimum absolute atomic E-state index is 0.00805. The fraction of sp³-hybridized carbons (Fsp3) is 0.390. The van der Waals surface area contributed by atoms with Gasteiger partial charge in [0.2, 0.25) is 11.8 Å². The van der Waals surface area contributed by atoms with E-state index >= 15 is 4.39 Å². The maximum Gasteiger partial charge on any atom is 0.255 e. The zero-order chi connectivity index (χ0) is 36.6. The van der Waals surface area contributed by atoms with Crippen molar-refractivity contribution in [3.05, 3.63) is 98.5 Å². The second-order valence-electron chi connectivity index (χ2n) is 15.2. The van der Waals surface area contributed by atoms with Crippen LogP contribution in [0.4, 0.5) is 10.1 Å². The summed E-state index contributed by atoms with van der Waals surface area (Å²) in [4.78, 5) is 60.8. The zero-order valence-electron chi connectivity index (χ0n) is 29.9. The van der Waals surface area contributed by atoms with Crippen molar-refractivity contribution >= 4 is 40.1 Å². The number of hydrogen-bond donors (Lipinski definition) is 2. The summed E-state index contributed by atoms with van der Waals surface area (Å²) >= 11 is 0. The van der Waals surface area contributed by atoms with Gasteiger partial charge in [-0.05, 0) is 74.2 Å². The number of aryl methyl sites for hydroxylation is 1. The average molecular weight is 701 g/mol. The quantitative estimate of drug-likeness (QED) is 0.255. The highest BCUT2D eigenvalue weighted by Crippen LogP contribution is 2.46. The van der Waals surface area contributed by atoms with E-state index in [9.17, 15) is 24.4 Å². The first-order valence-corrected chi connectivity index (χ1v) is 18.1. The number of rotatable bonds is 6. The SMILES string of the molecule is CCc1cc2c(cc1N1CCC(N(C)Cc3ccc4c(c3F)CN(C3CCC(=O)NC3=O)C4=O)CC1)C(C)(C)c1[nH]c3cc(C#N)ccc3c1C2=O. The molecule has 11 heteroatoms. The van der Waals surface area contributed by atoms with Crippen molar-refractivity contribution in [2.75, 3.05) is 25.0 Å². The number of H-pyrrole nitrogens is 1. The molecule has 0 spiro atoms. The Morgan fingerprint density at radius 3 is 2.48 bits per heavy atom. The predicted octanol–water partition coefficient (Wildman–Crippen LogP) is 5.47. The van der Waals surface area contributed by atoms with Gasteiger partial charge < -0.3 is 14.8 Å². The third-order valence-corrected chi connectivity index (χ3v) is 11.9. The molecule has 4 heterocycles. The number of ketones is 1. The molecule has 4 aliphatic rings. The fourth-order valence-electron chi connectivity index (χ4n) is 8.88. The zero-order valence-corrected chi connectivity index (χ0v) is 29.9. The molecule has 266 valence electrons. The number of imide groups is 1. The van der Waals surface area contributed by atoms with E-state index in [2.05, 4.69) is 59.1 Å². The maximum absolute atomic E-state index is 15.9. The second-order valence-corrected chi connectivity index (χ2v) is 15.2. The molecule has 0 radical (unpaired) electrons. The molecule has 3 aliphatic heterocycles. The van der Waals surface area contributed by atoms with E-state index in [4.69, 9.17) is 0 Å². The standard InChI is InChI=1S/C41H41FN6O4/c1-5-23-17-28-30(41(2,3)38-35(37(28)50)27-8-6-22(19-43)16-31(27)44-38)18-33(23)47-14-12-25(13-15-47)46(4)20-24-7-9-26-29(36(24)42)21-48(40(26)52)32-10-11-34(49)45-39(32)51/h6-9,16-18,25,32,44H,5,10-15,20-21H2,1-4H3,(H,45,49,51). The van der Waals surface area contributed by atoms with E-state index in [-0.39, 0.29) is 48.6 Å². The lowest BCUT2D eigenvalue weighted by Gasteiger charge is -2.40. The van der Waals surface area contributed by atoms with Crippen molar-refractivity contribution in [2.45, 2.75) is 83.5 Å². The van der Waals surface area contributed by atoms with E-state index in [0.29, 0.717) is 28.8 Å². The largest absolute Gasteiger partial charge is 0.371 e. The topological polar surface area (TPSA) is 130 Å². The maximum atomic E-state index is 15.9. The molecule has 2 saturated heterocycles. The Morgan fingerprint density at radius 1 is 1.00 bits per heavy atom. The predicted molar refractivity (Wildman–Crippen MR) is 194 cm³/mol. The van der Waals surface area contributed by atoms with Crippen LogP contribution < -0.4 is 10.2 Å². The number of nitriles is 1. The van der Waals surface area contributed by atoms with Crippen molar-refractivity contribution in [3.8, 4) is 6.07 Å². The lowest BCUT2D eigenvalue weighted by molar-refractivity contribution is -0.136. The smallest absolute Gasteiger partial charge is 0.255 e. The van der Waals surface area contributed by atoms with Gasteiger partial charge in [0, 0.05) is 82.0 Å². The molecule has 3 aromatic carbocycles. The van der Waals surface area contributed by atoms with Crippen molar-refractivity contribution in [1.82, 2.24) is 20.1 Å². The second kappa shape index (κ2) is 12.4. The molecule has 8 rings (SSSR count). The highest BCUT2D eigenvalue weighted by atomic mass is 19.1. The van der Waals surface area contributed by atoms with Crippen LogP contribution >= 0.6 is 0 Å². The summed E-state index contributed by atoms with van der Waals surface area (Å²) < 4.78 is 15.9. The summed E-state index contributed by atoms with van der Waals surface area (Å²) in [6.45, 7) is 8.43. The number of aromatic nitrogens is 1. The number of halogens is 1. The number of aromatic amines is 1.